The number of carbonyl (C=O) groups is 2. The largest absolute Gasteiger partial charge is 0.355 e. The number of anilines is 1. The molecule has 2 amide bonds. The van der Waals surface area contributed by atoms with Crippen molar-refractivity contribution in [3.05, 3.63) is 23.0 Å². The highest BCUT2D eigenvalue weighted by atomic mass is 35.5. The van der Waals surface area contributed by atoms with Crippen LogP contribution in [0.25, 0.3) is 0 Å². The summed E-state index contributed by atoms with van der Waals surface area (Å²) in [4.78, 5) is 26.7. The van der Waals surface area contributed by atoms with Gasteiger partial charge in [0, 0.05) is 13.0 Å². The Morgan fingerprint density at radius 1 is 1.65 bits per heavy atom. The molecule has 0 bridgehead atoms. The third-order valence-corrected chi connectivity index (χ3v) is 2.89. The zero-order valence-corrected chi connectivity index (χ0v) is 10.0. The van der Waals surface area contributed by atoms with Crippen molar-refractivity contribution in [2.45, 2.75) is 13.3 Å². The van der Waals surface area contributed by atoms with E-state index in [9.17, 15) is 9.59 Å². The number of halogens is 1. The van der Waals surface area contributed by atoms with E-state index in [1.165, 1.54) is 6.20 Å². The minimum absolute atomic E-state index is 0.0869. The molecule has 2 heterocycles. The second-order valence-corrected chi connectivity index (χ2v) is 4.40. The smallest absolute Gasteiger partial charge is 0.229 e. The third kappa shape index (κ3) is 2.74. The van der Waals surface area contributed by atoms with Gasteiger partial charge < -0.3 is 10.6 Å². The molecule has 1 atom stereocenters. The summed E-state index contributed by atoms with van der Waals surface area (Å²) in [7, 11) is 0. The molecule has 90 valence electrons. The Kier molecular flexibility index (Phi) is 3.28. The average Bonchev–Trinajstić information content (AvgIpc) is 2.69. The first-order valence-corrected chi connectivity index (χ1v) is 5.64. The number of aromatic nitrogens is 1. The Hall–Kier alpha value is -1.62. The fraction of sp³-hybridized carbons (Fsp3) is 0.364. The van der Waals surface area contributed by atoms with Crippen molar-refractivity contribution in [1.29, 1.82) is 0 Å². The van der Waals surface area contributed by atoms with Crippen LogP contribution in [0.4, 0.5) is 5.69 Å². The van der Waals surface area contributed by atoms with Crippen LogP contribution in [-0.4, -0.2) is 23.3 Å². The molecule has 1 saturated heterocycles. The molecular weight excluding hydrogens is 242 g/mol. The van der Waals surface area contributed by atoms with E-state index in [4.69, 9.17) is 11.6 Å². The number of rotatable bonds is 2. The van der Waals surface area contributed by atoms with Crippen LogP contribution in [-0.2, 0) is 9.59 Å². The van der Waals surface area contributed by atoms with E-state index in [1.54, 1.807) is 6.07 Å². The third-order valence-electron chi connectivity index (χ3n) is 2.68. The lowest BCUT2D eigenvalue weighted by Crippen LogP contribution is -2.25. The van der Waals surface area contributed by atoms with Gasteiger partial charge in [-0.15, -0.1) is 0 Å². The zero-order chi connectivity index (χ0) is 12.4. The molecule has 1 aliphatic heterocycles. The van der Waals surface area contributed by atoms with Gasteiger partial charge in [-0.3, -0.25) is 9.59 Å². The van der Waals surface area contributed by atoms with E-state index in [-0.39, 0.29) is 24.2 Å². The van der Waals surface area contributed by atoms with E-state index in [1.807, 2.05) is 6.92 Å². The molecule has 1 fully saturated rings. The Bertz CT molecular complexity index is 476. The molecule has 6 heteroatoms. The van der Waals surface area contributed by atoms with Crippen LogP contribution in [0, 0.1) is 12.8 Å². The first kappa shape index (κ1) is 11.9. The van der Waals surface area contributed by atoms with E-state index in [2.05, 4.69) is 15.6 Å². The Morgan fingerprint density at radius 3 is 3.00 bits per heavy atom. The van der Waals surface area contributed by atoms with Gasteiger partial charge in [0.2, 0.25) is 11.8 Å². The normalized spacial score (nSPS) is 18.9. The van der Waals surface area contributed by atoms with E-state index in [0.29, 0.717) is 17.4 Å². The summed E-state index contributed by atoms with van der Waals surface area (Å²) in [5, 5.41) is 5.76. The van der Waals surface area contributed by atoms with Crippen molar-refractivity contribution in [3.63, 3.8) is 0 Å². The van der Waals surface area contributed by atoms with Crippen LogP contribution in [0.5, 0.6) is 0 Å². The second-order valence-electron chi connectivity index (χ2n) is 4.02. The number of pyridine rings is 1. The highest BCUT2D eigenvalue weighted by Gasteiger charge is 2.28. The van der Waals surface area contributed by atoms with Crippen molar-refractivity contribution in [3.8, 4) is 0 Å². The molecule has 0 radical (unpaired) electrons. The molecule has 1 aromatic rings. The maximum atomic E-state index is 11.8. The summed E-state index contributed by atoms with van der Waals surface area (Å²) in [6, 6.07) is 1.68. The molecule has 0 saturated carbocycles. The Morgan fingerprint density at radius 2 is 2.41 bits per heavy atom. The molecule has 0 aromatic carbocycles. The fourth-order valence-electron chi connectivity index (χ4n) is 1.68. The van der Waals surface area contributed by atoms with Gasteiger partial charge in [0.15, 0.2) is 0 Å². The molecule has 2 N–H and O–H groups in total. The number of amides is 2. The summed E-state index contributed by atoms with van der Waals surface area (Å²) in [5.41, 5.74) is 1.47. The van der Waals surface area contributed by atoms with Crippen LogP contribution in [0.15, 0.2) is 12.3 Å². The molecule has 0 aliphatic carbocycles. The van der Waals surface area contributed by atoms with Gasteiger partial charge in [-0.2, -0.15) is 0 Å². The van der Waals surface area contributed by atoms with Gasteiger partial charge in [-0.05, 0) is 18.6 Å². The van der Waals surface area contributed by atoms with Crippen molar-refractivity contribution < 1.29 is 9.59 Å². The molecule has 1 aliphatic rings. The summed E-state index contributed by atoms with van der Waals surface area (Å²) in [6.07, 6.45) is 1.76. The highest BCUT2D eigenvalue weighted by Crippen LogP contribution is 2.19. The van der Waals surface area contributed by atoms with Gasteiger partial charge in [0.1, 0.15) is 5.15 Å². The predicted octanol–water partition coefficient (Wildman–Crippen LogP) is 1.12. The van der Waals surface area contributed by atoms with E-state index >= 15 is 0 Å². The van der Waals surface area contributed by atoms with E-state index < -0.39 is 0 Å². The lowest BCUT2D eigenvalue weighted by molar-refractivity contribution is -0.123. The zero-order valence-electron chi connectivity index (χ0n) is 9.29. The SMILES string of the molecule is Cc1cc(Cl)ncc1NC(=O)C1CNC(=O)C1. The summed E-state index contributed by atoms with van der Waals surface area (Å²) >= 11 is 5.72. The molecule has 0 spiro atoms. The molecule has 1 aromatic heterocycles. The topological polar surface area (TPSA) is 71.1 Å². The lowest BCUT2D eigenvalue weighted by Gasteiger charge is -2.10. The van der Waals surface area contributed by atoms with E-state index in [0.717, 1.165) is 5.56 Å². The van der Waals surface area contributed by atoms with Gasteiger partial charge >= 0.3 is 0 Å². The van der Waals surface area contributed by atoms with Crippen molar-refractivity contribution in [2.24, 2.45) is 5.92 Å². The predicted molar refractivity (Wildman–Crippen MR) is 63.7 cm³/mol. The second kappa shape index (κ2) is 4.71. The highest BCUT2D eigenvalue weighted by molar-refractivity contribution is 6.29. The standard InChI is InChI=1S/C11H12ClN3O2/c1-6-2-9(12)13-5-8(6)15-11(17)7-3-10(16)14-4-7/h2,5,7H,3-4H2,1H3,(H,14,16)(H,15,17). The van der Waals surface area contributed by atoms with Gasteiger partial charge in [0.25, 0.3) is 0 Å². The summed E-state index contributed by atoms with van der Waals surface area (Å²) < 4.78 is 0. The average molecular weight is 254 g/mol. The maximum absolute atomic E-state index is 11.8. The molecule has 1 unspecified atom stereocenters. The van der Waals surface area contributed by atoms with Gasteiger partial charge in [-0.1, -0.05) is 11.6 Å². The minimum Gasteiger partial charge on any atom is -0.355 e. The number of nitrogens with zero attached hydrogens (tertiary/aromatic N) is 1. The minimum atomic E-state index is -0.308. The number of carbonyl (C=O) groups excluding carboxylic acids is 2. The Labute approximate surface area is 104 Å². The van der Waals surface area contributed by atoms with Crippen molar-refractivity contribution in [1.82, 2.24) is 10.3 Å². The lowest BCUT2D eigenvalue weighted by atomic mass is 10.1. The number of nitrogens with one attached hydrogen (secondary N) is 2. The van der Waals surface area contributed by atoms with Crippen molar-refractivity contribution >= 4 is 29.1 Å². The molecule has 2 rings (SSSR count). The maximum Gasteiger partial charge on any atom is 0.229 e. The number of hydrogen-bond donors (Lipinski definition) is 2. The quantitative estimate of drug-likeness (QED) is 0.776. The van der Waals surface area contributed by atoms with Gasteiger partial charge in [-0.25, -0.2) is 4.98 Å². The number of hydrogen-bond acceptors (Lipinski definition) is 3. The van der Waals surface area contributed by atoms with Crippen LogP contribution in [0.3, 0.4) is 0 Å². The van der Waals surface area contributed by atoms with Crippen LogP contribution in [0.2, 0.25) is 5.15 Å². The summed E-state index contributed by atoms with van der Waals surface area (Å²) in [5.74, 6) is -0.566. The fourth-order valence-corrected chi connectivity index (χ4v) is 1.89. The van der Waals surface area contributed by atoms with Gasteiger partial charge in [0.05, 0.1) is 17.8 Å². The monoisotopic (exact) mass is 253 g/mol. The molecular formula is C11H12ClN3O2. The summed E-state index contributed by atoms with van der Waals surface area (Å²) in [6.45, 7) is 2.23. The number of aryl methyl sites for hydroxylation is 1. The Balaban J connectivity index is 2.05. The van der Waals surface area contributed by atoms with Crippen LogP contribution < -0.4 is 10.6 Å². The van der Waals surface area contributed by atoms with Crippen LogP contribution in [0.1, 0.15) is 12.0 Å². The first-order valence-electron chi connectivity index (χ1n) is 5.26. The van der Waals surface area contributed by atoms with Crippen molar-refractivity contribution in [2.75, 3.05) is 11.9 Å². The first-order chi connectivity index (χ1) is 8.06. The van der Waals surface area contributed by atoms with Crippen LogP contribution >= 0.6 is 11.6 Å². The molecule has 17 heavy (non-hydrogen) atoms. The molecule has 5 nitrogen and oxygen atoms in total.